The fraction of sp³-hybridized carbons (Fsp3) is 0.467. The molecule has 1 aliphatic heterocycles. The van der Waals surface area contributed by atoms with E-state index in [9.17, 15) is 9.59 Å². The summed E-state index contributed by atoms with van der Waals surface area (Å²) in [4.78, 5) is 24.9. The van der Waals surface area contributed by atoms with Crippen molar-refractivity contribution in [1.29, 1.82) is 0 Å². The SMILES string of the molecule is CC(C)(C)NCC(=O)Nc1cccc(N2CCOC2=O)c1. The van der Waals surface area contributed by atoms with Crippen molar-refractivity contribution in [2.24, 2.45) is 0 Å². The third kappa shape index (κ3) is 4.46. The number of cyclic esters (lactones) is 1. The Morgan fingerprint density at radius 2 is 2.14 bits per heavy atom. The Morgan fingerprint density at radius 1 is 1.38 bits per heavy atom. The van der Waals surface area contributed by atoms with Crippen LogP contribution in [0.3, 0.4) is 0 Å². The van der Waals surface area contributed by atoms with Crippen LogP contribution in [-0.2, 0) is 9.53 Å². The second-order valence-corrected chi connectivity index (χ2v) is 5.97. The first kappa shape index (κ1) is 15.3. The van der Waals surface area contributed by atoms with E-state index in [0.717, 1.165) is 5.69 Å². The van der Waals surface area contributed by atoms with Gasteiger partial charge in [0.15, 0.2) is 0 Å². The summed E-state index contributed by atoms with van der Waals surface area (Å²) in [5.74, 6) is -0.119. The van der Waals surface area contributed by atoms with Gasteiger partial charge >= 0.3 is 6.09 Å². The number of nitrogens with zero attached hydrogens (tertiary/aromatic N) is 1. The molecular formula is C15H21N3O3. The zero-order chi connectivity index (χ0) is 15.5. The van der Waals surface area contributed by atoms with E-state index in [2.05, 4.69) is 10.6 Å². The molecule has 0 unspecified atom stereocenters. The van der Waals surface area contributed by atoms with Crippen molar-refractivity contribution in [3.63, 3.8) is 0 Å². The van der Waals surface area contributed by atoms with Gasteiger partial charge in [-0.1, -0.05) is 6.07 Å². The number of carbonyl (C=O) groups is 2. The molecule has 0 spiro atoms. The number of anilines is 2. The largest absolute Gasteiger partial charge is 0.447 e. The minimum atomic E-state index is -0.354. The van der Waals surface area contributed by atoms with Gasteiger partial charge in [-0.15, -0.1) is 0 Å². The van der Waals surface area contributed by atoms with Crippen LogP contribution in [-0.4, -0.2) is 37.2 Å². The van der Waals surface area contributed by atoms with Crippen LogP contribution < -0.4 is 15.5 Å². The number of ether oxygens (including phenoxy) is 1. The molecule has 1 aromatic rings. The Balaban J connectivity index is 1.98. The van der Waals surface area contributed by atoms with Crippen molar-refractivity contribution >= 4 is 23.4 Å². The molecule has 1 fully saturated rings. The molecule has 1 heterocycles. The maximum atomic E-state index is 11.9. The van der Waals surface area contributed by atoms with Crippen LogP contribution in [0.4, 0.5) is 16.2 Å². The predicted molar refractivity (Wildman–Crippen MR) is 81.5 cm³/mol. The lowest BCUT2D eigenvalue weighted by atomic mass is 10.1. The average Bonchev–Trinajstić information content (AvgIpc) is 2.82. The van der Waals surface area contributed by atoms with E-state index in [0.29, 0.717) is 18.8 Å². The van der Waals surface area contributed by atoms with Crippen LogP contribution in [0.5, 0.6) is 0 Å². The van der Waals surface area contributed by atoms with Crippen molar-refractivity contribution in [3.05, 3.63) is 24.3 Å². The Morgan fingerprint density at radius 3 is 2.76 bits per heavy atom. The van der Waals surface area contributed by atoms with Crippen LogP contribution in [0, 0.1) is 0 Å². The summed E-state index contributed by atoms with van der Waals surface area (Å²) in [7, 11) is 0. The molecule has 0 aromatic heterocycles. The average molecular weight is 291 g/mol. The zero-order valence-electron chi connectivity index (χ0n) is 12.6. The third-order valence-electron chi connectivity index (χ3n) is 2.98. The molecule has 114 valence electrons. The van der Waals surface area contributed by atoms with E-state index >= 15 is 0 Å². The van der Waals surface area contributed by atoms with Crippen LogP contribution in [0.25, 0.3) is 0 Å². The van der Waals surface area contributed by atoms with Gasteiger partial charge in [-0.3, -0.25) is 9.69 Å². The van der Waals surface area contributed by atoms with E-state index in [1.807, 2.05) is 26.8 Å². The predicted octanol–water partition coefficient (Wildman–Crippen LogP) is 1.97. The van der Waals surface area contributed by atoms with Crippen LogP contribution >= 0.6 is 0 Å². The van der Waals surface area contributed by atoms with E-state index in [4.69, 9.17) is 4.74 Å². The smallest absolute Gasteiger partial charge is 0.414 e. The topological polar surface area (TPSA) is 70.7 Å². The number of carbonyl (C=O) groups excluding carboxylic acids is 2. The summed E-state index contributed by atoms with van der Waals surface area (Å²) in [6.07, 6.45) is -0.354. The van der Waals surface area contributed by atoms with Gasteiger partial charge in [0.05, 0.1) is 13.1 Å². The fourth-order valence-electron chi connectivity index (χ4n) is 1.93. The Labute approximate surface area is 124 Å². The molecule has 0 aliphatic carbocycles. The highest BCUT2D eigenvalue weighted by molar-refractivity contribution is 5.94. The highest BCUT2D eigenvalue weighted by atomic mass is 16.6. The molecule has 1 aliphatic rings. The van der Waals surface area contributed by atoms with E-state index < -0.39 is 0 Å². The maximum absolute atomic E-state index is 11.9. The molecule has 2 amide bonds. The van der Waals surface area contributed by atoms with Crippen molar-refractivity contribution in [2.45, 2.75) is 26.3 Å². The standard InChI is InChI=1S/C15H21N3O3/c1-15(2,3)16-10-13(19)17-11-5-4-6-12(9-11)18-7-8-21-14(18)20/h4-6,9,16H,7-8,10H2,1-3H3,(H,17,19). The maximum Gasteiger partial charge on any atom is 0.414 e. The number of nitrogens with one attached hydrogen (secondary N) is 2. The van der Waals surface area contributed by atoms with Crippen molar-refractivity contribution in [3.8, 4) is 0 Å². The molecule has 0 atom stereocenters. The summed E-state index contributed by atoms with van der Waals surface area (Å²) in [6, 6.07) is 7.17. The van der Waals surface area contributed by atoms with Crippen LogP contribution in [0.1, 0.15) is 20.8 Å². The normalized spacial score (nSPS) is 15.0. The number of hydrogen-bond acceptors (Lipinski definition) is 4. The fourth-order valence-corrected chi connectivity index (χ4v) is 1.93. The highest BCUT2D eigenvalue weighted by Crippen LogP contribution is 2.22. The van der Waals surface area contributed by atoms with Crippen molar-refractivity contribution in [1.82, 2.24) is 5.32 Å². The molecule has 1 saturated heterocycles. The van der Waals surface area contributed by atoms with Gasteiger partial charge in [0.2, 0.25) is 5.91 Å². The van der Waals surface area contributed by atoms with E-state index in [-0.39, 0.29) is 24.1 Å². The van der Waals surface area contributed by atoms with Gasteiger partial charge in [0.1, 0.15) is 6.61 Å². The Kier molecular flexibility index (Phi) is 4.47. The minimum Gasteiger partial charge on any atom is -0.447 e. The second-order valence-electron chi connectivity index (χ2n) is 5.97. The van der Waals surface area contributed by atoms with Gasteiger partial charge in [0.25, 0.3) is 0 Å². The van der Waals surface area contributed by atoms with Gasteiger partial charge in [-0.05, 0) is 39.0 Å². The summed E-state index contributed by atoms with van der Waals surface area (Å²) in [5.41, 5.74) is 1.27. The Bertz CT molecular complexity index is 537. The first-order valence-corrected chi connectivity index (χ1v) is 6.94. The zero-order valence-corrected chi connectivity index (χ0v) is 12.6. The molecule has 6 nitrogen and oxygen atoms in total. The quantitative estimate of drug-likeness (QED) is 0.889. The lowest BCUT2D eigenvalue weighted by molar-refractivity contribution is -0.115. The molecule has 0 saturated carbocycles. The number of hydrogen-bond donors (Lipinski definition) is 2. The van der Waals surface area contributed by atoms with Crippen molar-refractivity contribution in [2.75, 3.05) is 29.9 Å². The van der Waals surface area contributed by atoms with Crippen LogP contribution in [0.15, 0.2) is 24.3 Å². The Hall–Kier alpha value is -2.08. The number of rotatable bonds is 4. The molecule has 6 heteroatoms. The lowest BCUT2D eigenvalue weighted by Crippen LogP contribution is -2.41. The van der Waals surface area contributed by atoms with Gasteiger partial charge in [-0.25, -0.2) is 4.79 Å². The minimum absolute atomic E-state index is 0.113. The molecule has 2 N–H and O–H groups in total. The second kappa shape index (κ2) is 6.13. The molecule has 21 heavy (non-hydrogen) atoms. The summed E-state index contributed by atoms with van der Waals surface area (Å²) in [6.45, 7) is 7.16. The van der Waals surface area contributed by atoms with Crippen LogP contribution in [0.2, 0.25) is 0 Å². The first-order valence-electron chi connectivity index (χ1n) is 6.94. The number of benzene rings is 1. The van der Waals surface area contributed by atoms with Gasteiger partial charge in [-0.2, -0.15) is 0 Å². The molecule has 2 rings (SSSR count). The van der Waals surface area contributed by atoms with Crippen molar-refractivity contribution < 1.29 is 14.3 Å². The van der Waals surface area contributed by atoms with Gasteiger partial charge in [0, 0.05) is 16.9 Å². The molecular weight excluding hydrogens is 270 g/mol. The molecule has 1 aromatic carbocycles. The van der Waals surface area contributed by atoms with Gasteiger partial charge < -0.3 is 15.4 Å². The van der Waals surface area contributed by atoms with E-state index in [1.54, 1.807) is 23.1 Å². The highest BCUT2D eigenvalue weighted by Gasteiger charge is 2.23. The third-order valence-corrected chi connectivity index (χ3v) is 2.98. The summed E-state index contributed by atoms with van der Waals surface area (Å²) in [5, 5.41) is 5.94. The molecule has 0 radical (unpaired) electrons. The lowest BCUT2D eigenvalue weighted by Gasteiger charge is -2.20. The summed E-state index contributed by atoms with van der Waals surface area (Å²) < 4.78 is 4.91. The molecule has 0 bridgehead atoms. The van der Waals surface area contributed by atoms with E-state index in [1.165, 1.54) is 0 Å². The number of amides is 2. The first-order chi connectivity index (χ1) is 9.85. The monoisotopic (exact) mass is 291 g/mol. The summed E-state index contributed by atoms with van der Waals surface area (Å²) >= 11 is 0.